The van der Waals surface area contributed by atoms with Gasteiger partial charge in [0.1, 0.15) is 0 Å². The summed E-state index contributed by atoms with van der Waals surface area (Å²) in [5.74, 6) is 0.761. The van der Waals surface area contributed by atoms with Crippen LogP contribution in [0.1, 0.15) is 31.4 Å². The van der Waals surface area contributed by atoms with Crippen LogP contribution in [0.2, 0.25) is 0 Å². The summed E-state index contributed by atoms with van der Waals surface area (Å²) >= 11 is 0. The van der Waals surface area contributed by atoms with E-state index in [0.29, 0.717) is 6.04 Å². The van der Waals surface area contributed by atoms with Gasteiger partial charge < -0.3 is 4.74 Å². The molecule has 0 amide bonds. The molecule has 1 saturated carbocycles. The number of hydrogen-bond acceptors (Lipinski definition) is 2. The van der Waals surface area contributed by atoms with E-state index in [1.54, 1.807) is 7.11 Å². The SMILES string of the molecule is CCc1ccc2c(c1)c(OC)nn2C1CC1. The summed E-state index contributed by atoms with van der Waals surface area (Å²) < 4.78 is 7.47. The van der Waals surface area contributed by atoms with Gasteiger partial charge in [-0.1, -0.05) is 13.0 Å². The highest BCUT2D eigenvalue weighted by molar-refractivity contribution is 5.85. The second kappa shape index (κ2) is 3.51. The van der Waals surface area contributed by atoms with Crippen molar-refractivity contribution >= 4 is 10.9 Å². The topological polar surface area (TPSA) is 27.1 Å². The van der Waals surface area contributed by atoms with Crippen LogP contribution in [0.5, 0.6) is 5.88 Å². The summed E-state index contributed by atoms with van der Waals surface area (Å²) in [4.78, 5) is 0. The summed E-state index contributed by atoms with van der Waals surface area (Å²) in [7, 11) is 1.69. The number of aryl methyl sites for hydroxylation is 1. The van der Waals surface area contributed by atoms with Crippen molar-refractivity contribution < 1.29 is 4.74 Å². The molecule has 1 aliphatic carbocycles. The van der Waals surface area contributed by atoms with Gasteiger partial charge in [-0.3, -0.25) is 4.68 Å². The molecule has 0 N–H and O–H groups in total. The Labute approximate surface area is 95.0 Å². The number of ether oxygens (including phenoxy) is 1. The molecule has 0 spiro atoms. The molecule has 1 aromatic carbocycles. The third kappa shape index (κ3) is 1.39. The molecule has 2 aromatic rings. The van der Waals surface area contributed by atoms with Gasteiger partial charge in [0.15, 0.2) is 0 Å². The lowest BCUT2D eigenvalue weighted by atomic mass is 10.1. The predicted molar refractivity (Wildman–Crippen MR) is 63.9 cm³/mol. The van der Waals surface area contributed by atoms with Gasteiger partial charge in [0.2, 0.25) is 5.88 Å². The smallest absolute Gasteiger partial charge is 0.240 e. The molecule has 0 aliphatic heterocycles. The number of hydrogen-bond donors (Lipinski definition) is 0. The Balaban J connectivity index is 2.22. The lowest BCUT2D eigenvalue weighted by Gasteiger charge is -2.00. The van der Waals surface area contributed by atoms with Crippen LogP contribution < -0.4 is 4.74 Å². The molecule has 3 rings (SSSR count). The van der Waals surface area contributed by atoms with Crippen LogP contribution in [0.3, 0.4) is 0 Å². The van der Waals surface area contributed by atoms with Crippen molar-refractivity contribution in [2.45, 2.75) is 32.2 Å². The largest absolute Gasteiger partial charge is 0.479 e. The Morgan fingerprint density at radius 3 is 2.88 bits per heavy atom. The number of aromatic nitrogens is 2. The summed E-state index contributed by atoms with van der Waals surface area (Å²) in [5, 5.41) is 5.69. The van der Waals surface area contributed by atoms with Gasteiger partial charge in [-0.2, -0.15) is 0 Å². The van der Waals surface area contributed by atoms with Crippen LogP contribution in [-0.2, 0) is 6.42 Å². The molecule has 3 nitrogen and oxygen atoms in total. The fourth-order valence-corrected chi connectivity index (χ4v) is 2.13. The summed E-state index contributed by atoms with van der Waals surface area (Å²) in [6.45, 7) is 2.17. The lowest BCUT2D eigenvalue weighted by molar-refractivity contribution is 0.392. The number of fused-ring (bicyclic) bond motifs is 1. The van der Waals surface area contributed by atoms with E-state index >= 15 is 0 Å². The summed E-state index contributed by atoms with van der Waals surface area (Å²) in [6.07, 6.45) is 3.54. The Morgan fingerprint density at radius 2 is 2.25 bits per heavy atom. The number of methoxy groups -OCH3 is 1. The molecule has 16 heavy (non-hydrogen) atoms. The zero-order chi connectivity index (χ0) is 11.1. The molecule has 0 radical (unpaired) electrons. The van der Waals surface area contributed by atoms with E-state index in [2.05, 4.69) is 34.9 Å². The average molecular weight is 216 g/mol. The first kappa shape index (κ1) is 9.70. The van der Waals surface area contributed by atoms with Crippen LogP contribution in [0, 0.1) is 0 Å². The van der Waals surface area contributed by atoms with E-state index in [4.69, 9.17) is 4.74 Å². The Bertz CT molecular complexity index is 526. The zero-order valence-electron chi connectivity index (χ0n) is 9.73. The lowest BCUT2D eigenvalue weighted by Crippen LogP contribution is -1.96. The van der Waals surface area contributed by atoms with Crippen molar-refractivity contribution in [2.75, 3.05) is 7.11 Å². The first-order chi connectivity index (χ1) is 7.83. The fraction of sp³-hybridized carbons (Fsp3) is 0.462. The highest BCUT2D eigenvalue weighted by Gasteiger charge is 2.27. The molecule has 1 heterocycles. The maximum absolute atomic E-state index is 5.35. The third-order valence-electron chi connectivity index (χ3n) is 3.23. The molecule has 0 unspecified atom stereocenters. The van der Waals surface area contributed by atoms with Gasteiger partial charge in [0.05, 0.1) is 24.1 Å². The summed E-state index contributed by atoms with van der Waals surface area (Å²) in [5.41, 5.74) is 2.54. The van der Waals surface area contributed by atoms with Crippen LogP contribution >= 0.6 is 0 Å². The van der Waals surface area contributed by atoms with Crippen LogP contribution in [0.25, 0.3) is 10.9 Å². The minimum atomic E-state index is 0.596. The van der Waals surface area contributed by atoms with Crippen molar-refractivity contribution in [1.82, 2.24) is 9.78 Å². The fourth-order valence-electron chi connectivity index (χ4n) is 2.13. The van der Waals surface area contributed by atoms with E-state index in [9.17, 15) is 0 Å². The second-order valence-electron chi connectivity index (χ2n) is 4.39. The molecule has 0 bridgehead atoms. The molecule has 1 fully saturated rings. The normalized spacial score (nSPS) is 15.6. The van der Waals surface area contributed by atoms with Crippen LogP contribution in [0.15, 0.2) is 18.2 Å². The standard InChI is InChI=1S/C13H16N2O/c1-3-9-4-7-12-11(8-9)13(16-2)14-15(12)10-5-6-10/h4,7-8,10H,3,5-6H2,1-2H3. The van der Waals surface area contributed by atoms with E-state index in [1.165, 1.54) is 23.9 Å². The van der Waals surface area contributed by atoms with E-state index < -0.39 is 0 Å². The van der Waals surface area contributed by atoms with E-state index in [0.717, 1.165) is 17.7 Å². The zero-order valence-corrected chi connectivity index (χ0v) is 9.73. The molecule has 84 valence electrons. The van der Waals surface area contributed by atoms with Crippen molar-refractivity contribution in [3.05, 3.63) is 23.8 Å². The number of nitrogens with zero attached hydrogens (tertiary/aromatic N) is 2. The van der Waals surface area contributed by atoms with Gasteiger partial charge >= 0.3 is 0 Å². The molecule has 0 atom stereocenters. The quantitative estimate of drug-likeness (QED) is 0.788. The van der Waals surface area contributed by atoms with Crippen molar-refractivity contribution in [1.29, 1.82) is 0 Å². The first-order valence-electron chi connectivity index (χ1n) is 5.88. The summed E-state index contributed by atoms with van der Waals surface area (Å²) in [6, 6.07) is 7.14. The minimum Gasteiger partial charge on any atom is -0.479 e. The highest BCUT2D eigenvalue weighted by Crippen LogP contribution is 2.39. The Kier molecular flexibility index (Phi) is 2.13. The number of benzene rings is 1. The minimum absolute atomic E-state index is 0.596. The van der Waals surface area contributed by atoms with E-state index in [1.807, 2.05) is 0 Å². The van der Waals surface area contributed by atoms with Gasteiger partial charge in [-0.25, -0.2) is 0 Å². The van der Waals surface area contributed by atoms with Gasteiger partial charge in [-0.15, -0.1) is 5.10 Å². The maximum Gasteiger partial charge on any atom is 0.240 e. The molecule has 3 heteroatoms. The molecular weight excluding hydrogens is 200 g/mol. The molecular formula is C13H16N2O. The third-order valence-corrected chi connectivity index (χ3v) is 3.23. The van der Waals surface area contributed by atoms with Crippen LogP contribution in [-0.4, -0.2) is 16.9 Å². The predicted octanol–water partition coefficient (Wildman–Crippen LogP) is 2.94. The highest BCUT2D eigenvalue weighted by atomic mass is 16.5. The van der Waals surface area contributed by atoms with Crippen molar-refractivity contribution in [2.24, 2.45) is 0 Å². The average Bonchev–Trinajstić information content (AvgIpc) is 3.10. The molecule has 1 aromatic heterocycles. The number of rotatable bonds is 3. The van der Waals surface area contributed by atoms with Crippen molar-refractivity contribution in [3.8, 4) is 5.88 Å². The second-order valence-corrected chi connectivity index (χ2v) is 4.39. The molecule has 1 aliphatic rings. The molecule has 0 saturated heterocycles. The van der Waals surface area contributed by atoms with E-state index in [-0.39, 0.29) is 0 Å². The first-order valence-corrected chi connectivity index (χ1v) is 5.88. The Morgan fingerprint density at radius 1 is 1.44 bits per heavy atom. The van der Waals surface area contributed by atoms with Crippen LogP contribution in [0.4, 0.5) is 0 Å². The maximum atomic E-state index is 5.35. The van der Waals surface area contributed by atoms with Gasteiger partial charge in [0, 0.05) is 0 Å². The monoisotopic (exact) mass is 216 g/mol. The van der Waals surface area contributed by atoms with Gasteiger partial charge in [0.25, 0.3) is 0 Å². The van der Waals surface area contributed by atoms with Crippen molar-refractivity contribution in [3.63, 3.8) is 0 Å². The van der Waals surface area contributed by atoms with Gasteiger partial charge in [-0.05, 0) is 37.0 Å². The Hall–Kier alpha value is -1.51.